The van der Waals surface area contributed by atoms with Gasteiger partial charge in [0.25, 0.3) is 5.69 Å². The van der Waals surface area contributed by atoms with Crippen molar-refractivity contribution in [2.24, 2.45) is 0 Å². The second-order valence-corrected chi connectivity index (χ2v) is 7.29. The van der Waals surface area contributed by atoms with E-state index in [0.717, 1.165) is 0 Å². The van der Waals surface area contributed by atoms with Gasteiger partial charge in [0.2, 0.25) is 10.0 Å². The Morgan fingerprint density at radius 2 is 1.69 bits per heavy atom. The zero-order valence-corrected chi connectivity index (χ0v) is 15.3. The van der Waals surface area contributed by atoms with E-state index in [2.05, 4.69) is 4.72 Å². The summed E-state index contributed by atoms with van der Waals surface area (Å²) >= 11 is 0. The highest BCUT2D eigenvalue weighted by molar-refractivity contribution is 7.88. The van der Waals surface area contributed by atoms with Gasteiger partial charge in [-0.2, -0.15) is 0 Å². The van der Waals surface area contributed by atoms with Crippen LogP contribution in [0.5, 0.6) is 11.5 Å². The van der Waals surface area contributed by atoms with E-state index >= 15 is 0 Å². The molecule has 140 valence electrons. The maximum atomic E-state index is 12.1. The Hall–Kier alpha value is -2.65. The van der Waals surface area contributed by atoms with Crippen LogP contribution in [0.3, 0.4) is 0 Å². The van der Waals surface area contributed by atoms with Crippen molar-refractivity contribution < 1.29 is 22.8 Å². The predicted molar refractivity (Wildman–Crippen MR) is 97.0 cm³/mol. The molecule has 0 spiro atoms. The lowest BCUT2D eigenvalue weighted by Crippen LogP contribution is -2.27. The lowest BCUT2D eigenvalue weighted by molar-refractivity contribution is -0.385. The molecule has 1 N–H and O–H groups in total. The quantitative estimate of drug-likeness (QED) is 0.528. The van der Waals surface area contributed by atoms with E-state index in [1.165, 1.54) is 26.4 Å². The average Bonchev–Trinajstić information content (AvgIpc) is 2.61. The number of hydrogen-bond acceptors (Lipinski definition) is 6. The molecule has 9 heteroatoms. The van der Waals surface area contributed by atoms with E-state index in [1.54, 1.807) is 30.3 Å². The van der Waals surface area contributed by atoms with Gasteiger partial charge in [0.15, 0.2) is 11.5 Å². The lowest BCUT2D eigenvalue weighted by Gasteiger charge is -2.11. The Morgan fingerprint density at radius 3 is 2.27 bits per heavy atom. The molecule has 2 rings (SSSR count). The summed E-state index contributed by atoms with van der Waals surface area (Å²) in [7, 11) is -0.728. The van der Waals surface area contributed by atoms with E-state index < -0.39 is 14.9 Å². The van der Waals surface area contributed by atoms with Crippen LogP contribution in [0.2, 0.25) is 0 Å². The van der Waals surface area contributed by atoms with Crippen molar-refractivity contribution in [3.63, 3.8) is 0 Å². The first kappa shape index (κ1) is 19.7. The van der Waals surface area contributed by atoms with Crippen molar-refractivity contribution in [1.82, 2.24) is 4.72 Å². The van der Waals surface area contributed by atoms with E-state index in [9.17, 15) is 18.5 Å². The number of sulfonamides is 1. The van der Waals surface area contributed by atoms with Crippen LogP contribution in [0.15, 0.2) is 42.5 Å². The number of nitro benzene ring substituents is 1. The molecule has 2 aromatic carbocycles. The third-order valence-corrected chi connectivity index (χ3v) is 5.05. The first-order valence-corrected chi connectivity index (χ1v) is 9.42. The van der Waals surface area contributed by atoms with E-state index in [1.807, 2.05) is 0 Å². The van der Waals surface area contributed by atoms with Gasteiger partial charge in [0.1, 0.15) is 0 Å². The van der Waals surface area contributed by atoms with Gasteiger partial charge in [-0.25, -0.2) is 13.1 Å². The highest BCUT2D eigenvalue weighted by Gasteiger charge is 2.20. The molecule has 0 atom stereocenters. The fourth-order valence-corrected chi connectivity index (χ4v) is 3.61. The third-order valence-electron chi connectivity index (χ3n) is 3.70. The monoisotopic (exact) mass is 380 g/mol. The van der Waals surface area contributed by atoms with Crippen LogP contribution in [-0.4, -0.2) is 34.1 Å². The molecule has 0 bridgehead atoms. The summed E-state index contributed by atoms with van der Waals surface area (Å²) in [6.07, 6.45) is 0.144. The van der Waals surface area contributed by atoms with E-state index in [-0.39, 0.29) is 30.2 Å². The van der Waals surface area contributed by atoms with Gasteiger partial charge in [-0.05, 0) is 18.1 Å². The number of rotatable bonds is 9. The molecule has 0 amide bonds. The van der Waals surface area contributed by atoms with Crippen LogP contribution in [0.25, 0.3) is 0 Å². The first-order chi connectivity index (χ1) is 12.4. The Morgan fingerprint density at radius 1 is 1.08 bits per heavy atom. The fourth-order valence-electron chi connectivity index (χ4n) is 2.47. The molecule has 0 aliphatic heterocycles. The summed E-state index contributed by atoms with van der Waals surface area (Å²) in [4.78, 5) is 10.7. The van der Waals surface area contributed by atoms with Gasteiger partial charge in [-0.3, -0.25) is 10.1 Å². The molecule has 2 aromatic rings. The Labute approximate surface area is 152 Å². The van der Waals surface area contributed by atoms with Gasteiger partial charge in [-0.1, -0.05) is 30.3 Å². The third kappa shape index (κ3) is 5.17. The van der Waals surface area contributed by atoms with Crippen LogP contribution in [0.4, 0.5) is 5.69 Å². The second-order valence-electron chi connectivity index (χ2n) is 5.48. The Bertz CT molecular complexity index is 868. The minimum absolute atomic E-state index is 0.0332. The minimum Gasteiger partial charge on any atom is -0.493 e. The van der Waals surface area contributed by atoms with Crippen molar-refractivity contribution in [2.45, 2.75) is 12.2 Å². The summed E-state index contributed by atoms with van der Waals surface area (Å²) in [5.41, 5.74) is 0.872. The number of benzene rings is 2. The maximum absolute atomic E-state index is 12.1. The van der Waals surface area contributed by atoms with Crippen molar-refractivity contribution in [1.29, 1.82) is 0 Å². The molecule has 0 radical (unpaired) electrons. The standard InChI is InChI=1S/C17H20N2O6S/c1-24-16-10-14(15(19(20)21)11-17(16)25-2)8-9-18-26(22,23)12-13-6-4-3-5-7-13/h3-7,10-11,18H,8-9,12H2,1-2H3. The topological polar surface area (TPSA) is 108 Å². The second kappa shape index (κ2) is 8.63. The zero-order chi connectivity index (χ0) is 19.2. The minimum atomic E-state index is -3.54. The molecular weight excluding hydrogens is 360 g/mol. The summed E-state index contributed by atoms with van der Waals surface area (Å²) < 4.78 is 37.0. The zero-order valence-electron chi connectivity index (χ0n) is 14.5. The SMILES string of the molecule is COc1cc(CCNS(=O)(=O)Cc2ccccc2)c([N+](=O)[O-])cc1OC. The number of nitro groups is 1. The van der Waals surface area contributed by atoms with Gasteiger partial charge in [-0.15, -0.1) is 0 Å². The number of ether oxygens (including phenoxy) is 2. The molecule has 0 fully saturated rings. The first-order valence-electron chi connectivity index (χ1n) is 7.77. The molecule has 0 aliphatic rings. The summed E-state index contributed by atoms with van der Waals surface area (Å²) in [5, 5.41) is 11.3. The van der Waals surface area contributed by atoms with Crippen LogP contribution in [0, 0.1) is 10.1 Å². The summed E-state index contributed by atoms with van der Waals surface area (Å²) in [6.45, 7) is 0.0332. The highest BCUT2D eigenvalue weighted by atomic mass is 32.2. The van der Waals surface area contributed by atoms with Crippen LogP contribution in [-0.2, 0) is 22.2 Å². The van der Waals surface area contributed by atoms with Crippen molar-refractivity contribution in [3.8, 4) is 11.5 Å². The van der Waals surface area contributed by atoms with E-state index in [0.29, 0.717) is 16.9 Å². The molecule has 0 unspecified atom stereocenters. The van der Waals surface area contributed by atoms with Crippen LogP contribution < -0.4 is 14.2 Å². The number of nitrogens with zero attached hydrogens (tertiary/aromatic N) is 1. The Balaban J connectivity index is 2.10. The molecule has 8 nitrogen and oxygen atoms in total. The van der Waals surface area contributed by atoms with Gasteiger partial charge < -0.3 is 9.47 Å². The van der Waals surface area contributed by atoms with Gasteiger partial charge in [0, 0.05) is 12.1 Å². The predicted octanol–water partition coefficient (Wildman–Crippen LogP) is 2.27. The largest absolute Gasteiger partial charge is 0.493 e. The van der Waals surface area contributed by atoms with E-state index in [4.69, 9.17) is 9.47 Å². The maximum Gasteiger partial charge on any atom is 0.276 e. The Kier molecular flexibility index (Phi) is 6.53. The molecule has 0 heterocycles. The van der Waals surface area contributed by atoms with Gasteiger partial charge >= 0.3 is 0 Å². The molecular formula is C17H20N2O6S. The van der Waals surface area contributed by atoms with Crippen LogP contribution in [0.1, 0.15) is 11.1 Å². The average molecular weight is 380 g/mol. The molecule has 0 saturated carbocycles. The van der Waals surface area contributed by atoms with Gasteiger partial charge in [0.05, 0.1) is 31.0 Å². The molecule has 0 aromatic heterocycles. The fraction of sp³-hybridized carbons (Fsp3) is 0.294. The smallest absolute Gasteiger partial charge is 0.276 e. The molecule has 0 saturated heterocycles. The van der Waals surface area contributed by atoms with Crippen molar-refractivity contribution in [3.05, 3.63) is 63.7 Å². The van der Waals surface area contributed by atoms with Crippen LogP contribution >= 0.6 is 0 Å². The number of methoxy groups -OCH3 is 2. The normalized spacial score (nSPS) is 11.2. The number of hydrogen-bond donors (Lipinski definition) is 1. The van der Waals surface area contributed by atoms with Crippen molar-refractivity contribution >= 4 is 15.7 Å². The molecule has 26 heavy (non-hydrogen) atoms. The van der Waals surface area contributed by atoms with Crippen molar-refractivity contribution in [2.75, 3.05) is 20.8 Å². The highest BCUT2D eigenvalue weighted by Crippen LogP contribution is 2.34. The summed E-state index contributed by atoms with van der Waals surface area (Å²) in [6, 6.07) is 11.5. The molecule has 0 aliphatic carbocycles. The lowest BCUT2D eigenvalue weighted by atomic mass is 10.1. The summed E-state index contributed by atoms with van der Waals surface area (Å²) in [5.74, 6) is 0.440. The number of nitrogens with one attached hydrogen (secondary N) is 1.